The molecule has 0 radical (unpaired) electrons. The molecule has 188 valence electrons. The number of aryl methyl sites for hydroxylation is 1. The molecule has 0 atom stereocenters. The number of allylic oxidation sites excluding steroid dienone is 1. The van der Waals surface area contributed by atoms with Gasteiger partial charge in [-0.1, -0.05) is 60.2 Å². The molecule has 0 unspecified atom stereocenters. The van der Waals surface area contributed by atoms with Crippen molar-refractivity contribution >= 4 is 5.97 Å². The predicted molar refractivity (Wildman–Crippen MR) is 138 cm³/mol. The van der Waals surface area contributed by atoms with Crippen molar-refractivity contribution in [2.24, 2.45) is 0 Å². The lowest BCUT2D eigenvalue weighted by atomic mass is 9.98. The van der Waals surface area contributed by atoms with E-state index in [9.17, 15) is 18.0 Å². The number of carbonyl (C=O) groups excluding carboxylic acids is 1. The van der Waals surface area contributed by atoms with Crippen molar-refractivity contribution in [1.82, 2.24) is 0 Å². The molecule has 4 aromatic carbocycles. The number of halogens is 3. The Morgan fingerprint density at radius 3 is 2.00 bits per heavy atom. The Kier molecular flexibility index (Phi) is 8.08. The van der Waals surface area contributed by atoms with E-state index in [-0.39, 0.29) is 28.2 Å². The zero-order valence-electron chi connectivity index (χ0n) is 20.3. The third-order valence-electron chi connectivity index (χ3n) is 5.80. The Hall–Kier alpha value is -4.32. The molecule has 0 aliphatic rings. The van der Waals surface area contributed by atoms with E-state index in [0.717, 1.165) is 18.1 Å². The quantitative estimate of drug-likeness (QED) is 0.0999. The maximum absolute atomic E-state index is 14.9. The van der Waals surface area contributed by atoms with E-state index in [4.69, 9.17) is 9.47 Å². The van der Waals surface area contributed by atoms with Gasteiger partial charge in [0.15, 0.2) is 23.2 Å². The van der Waals surface area contributed by atoms with Crippen molar-refractivity contribution in [2.75, 3.05) is 6.61 Å². The minimum Gasteiger partial charge on any atom is -0.491 e. The minimum atomic E-state index is -0.976. The first-order valence-corrected chi connectivity index (χ1v) is 11.8. The first kappa shape index (κ1) is 25.8. The lowest BCUT2D eigenvalue weighted by Gasteiger charge is -2.11. The number of carbonyl (C=O) groups is 1. The molecule has 0 bridgehead atoms. The van der Waals surface area contributed by atoms with Gasteiger partial charge in [0.25, 0.3) is 0 Å². The van der Waals surface area contributed by atoms with Gasteiger partial charge in [-0.3, -0.25) is 0 Å². The molecule has 0 aliphatic carbocycles. The summed E-state index contributed by atoms with van der Waals surface area (Å²) in [4.78, 5) is 12.5. The molecule has 0 fully saturated rings. The van der Waals surface area contributed by atoms with Crippen LogP contribution in [-0.2, 0) is 0 Å². The molecule has 0 saturated carbocycles. The summed E-state index contributed by atoms with van der Waals surface area (Å²) in [6.45, 7) is 5.88. The number of benzene rings is 4. The van der Waals surface area contributed by atoms with Gasteiger partial charge in [0, 0.05) is 17.2 Å². The molecule has 4 rings (SSSR count). The molecule has 0 N–H and O–H groups in total. The third-order valence-corrected chi connectivity index (χ3v) is 5.80. The molecule has 0 spiro atoms. The normalized spacial score (nSPS) is 10.7. The van der Waals surface area contributed by atoms with Crippen LogP contribution in [0.15, 0.2) is 91.5 Å². The Labute approximate surface area is 213 Å². The van der Waals surface area contributed by atoms with E-state index in [1.165, 1.54) is 48.5 Å². The average Bonchev–Trinajstić information content (AvgIpc) is 2.90. The third kappa shape index (κ3) is 6.09. The van der Waals surface area contributed by atoms with Crippen molar-refractivity contribution in [1.29, 1.82) is 0 Å². The highest BCUT2D eigenvalue weighted by Crippen LogP contribution is 2.32. The molecular weight excluding hydrogens is 477 g/mol. The van der Waals surface area contributed by atoms with Crippen molar-refractivity contribution < 1.29 is 27.4 Å². The van der Waals surface area contributed by atoms with Gasteiger partial charge in [0.2, 0.25) is 0 Å². The number of rotatable bonds is 9. The van der Waals surface area contributed by atoms with Crippen LogP contribution >= 0.6 is 0 Å². The molecular formula is C31H25F3O3. The largest absolute Gasteiger partial charge is 0.491 e. The summed E-state index contributed by atoms with van der Waals surface area (Å²) in [5.74, 6) is -3.20. The first-order valence-electron chi connectivity index (χ1n) is 11.8. The molecule has 0 amide bonds. The molecule has 0 heterocycles. The number of hydrogen-bond donors (Lipinski definition) is 0. The van der Waals surface area contributed by atoms with Crippen LogP contribution in [0.25, 0.3) is 22.3 Å². The van der Waals surface area contributed by atoms with Crippen LogP contribution in [0.3, 0.4) is 0 Å². The Balaban J connectivity index is 1.45. The van der Waals surface area contributed by atoms with Crippen LogP contribution in [0, 0.1) is 24.4 Å². The van der Waals surface area contributed by atoms with E-state index >= 15 is 0 Å². The van der Waals surface area contributed by atoms with Crippen LogP contribution < -0.4 is 9.47 Å². The number of unbranched alkanes of at least 4 members (excludes halogenated alkanes) is 1. The Bertz CT molecular complexity index is 1410. The topological polar surface area (TPSA) is 35.5 Å². The standard InChI is InChI=1S/C31H25F3O3/c1-3-4-5-18-36-28-17-14-24(19-27(28)32)37-31(35)23-12-10-22(11-13-23)26-16-15-25(29(33)30(26)34)21-8-6-20(2)7-9-21/h3,6-17,19H,1,4-5,18H2,2H3. The van der Waals surface area contributed by atoms with Crippen molar-refractivity contribution in [3.63, 3.8) is 0 Å². The maximum atomic E-state index is 14.9. The van der Waals surface area contributed by atoms with Crippen LogP contribution in [0.5, 0.6) is 11.5 Å². The fraction of sp³-hybridized carbons (Fsp3) is 0.129. The van der Waals surface area contributed by atoms with Gasteiger partial charge >= 0.3 is 5.97 Å². The van der Waals surface area contributed by atoms with Gasteiger partial charge in [-0.15, -0.1) is 6.58 Å². The van der Waals surface area contributed by atoms with Gasteiger partial charge in [-0.25, -0.2) is 18.0 Å². The second-order valence-corrected chi connectivity index (χ2v) is 8.49. The zero-order chi connectivity index (χ0) is 26.4. The fourth-order valence-electron chi connectivity index (χ4n) is 3.75. The predicted octanol–water partition coefficient (Wildman–Crippen LogP) is 8.31. The van der Waals surface area contributed by atoms with E-state index in [0.29, 0.717) is 24.2 Å². The Morgan fingerprint density at radius 2 is 1.43 bits per heavy atom. The summed E-state index contributed by atoms with van der Waals surface area (Å²) in [6.07, 6.45) is 3.23. The summed E-state index contributed by atoms with van der Waals surface area (Å²) in [5.41, 5.74) is 2.40. The summed E-state index contributed by atoms with van der Waals surface area (Å²) in [6, 6.07) is 20.0. The zero-order valence-corrected chi connectivity index (χ0v) is 20.3. The van der Waals surface area contributed by atoms with Crippen molar-refractivity contribution in [3.05, 3.63) is 120 Å². The lowest BCUT2D eigenvalue weighted by Crippen LogP contribution is -2.09. The molecule has 0 aromatic heterocycles. The summed E-state index contributed by atoms with van der Waals surface area (Å²) in [7, 11) is 0. The minimum absolute atomic E-state index is 0.0184. The highest BCUT2D eigenvalue weighted by molar-refractivity contribution is 5.91. The highest BCUT2D eigenvalue weighted by atomic mass is 19.2. The molecule has 3 nitrogen and oxygen atoms in total. The molecule has 0 saturated heterocycles. The fourth-order valence-corrected chi connectivity index (χ4v) is 3.75. The monoisotopic (exact) mass is 502 g/mol. The van der Waals surface area contributed by atoms with Gasteiger partial charge in [0.05, 0.1) is 12.2 Å². The maximum Gasteiger partial charge on any atom is 0.343 e. The number of esters is 1. The molecule has 4 aromatic rings. The second-order valence-electron chi connectivity index (χ2n) is 8.49. The molecule has 37 heavy (non-hydrogen) atoms. The smallest absolute Gasteiger partial charge is 0.343 e. The van der Waals surface area contributed by atoms with Crippen LogP contribution in [0.4, 0.5) is 13.2 Å². The second kappa shape index (κ2) is 11.6. The average molecular weight is 503 g/mol. The number of ether oxygens (including phenoxy) is 2. The van der Waals surface area contributed by atoms with Gasteiger partial charge in [-0.2, -0.15) is 0 Å². The number of hydrogen-bond acceptors (Lipinski definition) is 3. The van der Waals surface area contributed by atoms with E-state index in [2.05, 4.69) is 6.58 Å². The van der Waals surface area contributed by atoms with Crippen molar-refractivity contribution in [3.8, 4) is 33.8 Å². The van der Waals surface area contributed by atoms with Crippen LogP contribution in [0.2, 0.25) is 0 Å². The van der Waals surface area contributed by atoms with Crippen LogP contribution in [0.1, 0.15) is 28.8 Å². The Morgan fingerprint density at radius 1 is 0.838 bits per heavy atom. The van der Waals surface area contributed by atoms with E-state index in [1.807, 2.05) is 19.1 Å². The lowest BCUT2D eigenvalue weighted by molar-refractivity contribution is 0.0734. The van der Waals surface area contributed by atoms with Gasteiger partial charge in [0.1, 0.15) is 5.75 Å². The summed E-state index contributed by atoms with van der Waals surface area (Å²) >= 11 is 0. The SMILES string of the molecule is C=CCCCOc1ccc(OC(=O)c2ccc(-c3ccc(-c4ccc(C)cc4)c(F)c3F)cc2)cc1F. The highest BCUT2D eigenvalue weighted by Gasteiger charge is 2.17. The molecule has 0 aliphatic heterocycles. The summed E-state index contributed by atoms with van der Waals surface area (Å²) < 4.78 is 54.7. The molecule has 6 heteroatoms. The van der Waals surface area contributed by atoms with Crippen molar-refractivity contribution in [2.45, 2.75) is 19.8 Å². The first-order chi connectivity index (χ1) is 17.9. The van der Waals surface area contributed by atoms with Crippen LogP contribution in [-0.4, -0.2) is 12.6 Å². The van der Waals surface area contributed by atoms with Gasteiger partial charge in [-0.05, 0) is 55.2 Å². The summed E-state index contributed by atoms with van der Waals surface area (Å²) in [5, 5.41) is 0. The van der Waals surface area contributed by atoms with E-state index in [1.54, 1.807) is 18.2 Å². The van der Waals surface area contributed by atoms with E-state index < -0.39 is 23.4 Å². The van der Waals surface area contributed by atoms with Gasteiger partial charge < -0.3 is 9.47 Å².